The molecule has 1 aromatic heterocycles. The summed E-state index contributed by atoms with van der Waals surface area (Å²) in [5.74, 6) is 0.0995. The summed E-state index contributed by atoms with van der Waals surface area (Å²) in [7, 11) is 3.36. The van der Waals surface area contributed by atoms with Gasteiger partial charge in [0.2, 0.25) is 5.91 Å². The highest BCUT2D eigenvalue weighted by molar-refractivity contribution is 5.87. The summed E-state index contributed by atoms with van der Waals surface area (Å²) in [6.07, 6.45) is 1.93. The highest BCUT2D eigenvalue weighted by Gasteiger charge is 2.27. The zero-order valence-corrected chi connectivity index (χ0v) is 23.4. The Kier molecular flexibility index (Phi) is 8.86. The molecule has 39 heavy (non-hydrogen) atoms. The van der Waals surface area contributed by atoms with Crippen LogP contribution in [-0.4, -0.2) is 58.2 Å². The second kappa shape index (κ2) is 12.3. The van der Waals surface area contributed by atoms with Gasteiger partial charge in [0.25, 0.3) is 5.91 Å². The quantitative estimate of drug-likeness (QED) is 0.377. The van der Waals surface area contributed by atoms with Crippen molar-refractivity contribution in [2.24, 2.45) is 13.0 Å². The monoisotopic (exact) mass is 534 g/mol. The second-order valence-corrected chi connectivity index (χ2v) is 10.6. The number of aryl methyl sites for hydroxylation is 1. The first kappa shape index (κ1) is 28.1. The van der Waals surface area contributed by atoms with E-state index < -0.39 is 5.76 Å². The SMILES string of the molecule is Cc1ccc(-c2noc(=O)n2C)cc1N(CC(=O)NCCCC(C)C)CC(=O)N(C)N1Cc2ccccc2C1. The molecule has 0 fully saturated rings. The predicted octanol–water partition coefficient (Wildman–Crippen LogP) is 3.10. The van der Waals surface area contributed by atoms with Gasteiger partial charge in [-0.3, -0.25) is 23.7 Å². The third-order valence-electron chi connectivity index (χ3n) is 7.16. The summed E-state index contributed by atoms with van der Waals surface area (Å²) < 4.78 is 6.13. The van der Waals surface area contributed by atoms with Gasteiger partial charge >= 0.3 is 5.76 Å². The number of carbonyl (C=O) groups is 2. The number of fused-ring (bicyclic) bond motifs is 1. The van der Waals surface area contributed by atoms with Crippen molar-refractivity contribution in [2.75, 3.05) is 31.6 Å². The summed E-state index contributed by atoms with van der Waals surface area (Å²) in [6.45, 7) is 8.17. The number of nitrogens with one attached hydrogen (secondary N) is 1. The molecule has 2 heterocycles. The van der Waals surface area contributed by atoms with Crippen LogP contribution < -0.4 is 16.0 Å². The van der Waals surface area contributed by atoms with Crippen molar-refractivity contribution < 1.29 is 14.1 Å². The van der Waals surface area contributed by atoms with Crippen LogP contribution in [-0.2, 0) is 29.7 Å². The van der Waals surface area contributed by atoms with Crippen molar-refractivity contribution in [1.82, 2.24) is 25.1 Å². The molecular formula is C29H38N6O4. The first-order valence-corrected chi connectivity index (χ1v) is 13.4. The lowest BCUT2D eigenvalue weighted by Gasteiger charge is -2.32. The highest BCUT2D eigenvalue weighted by atomic mass is 16.5. The molecule has 3 aromatic rings. The van der Waals surface area contributed by atoms with Gasteiger partial charge in [0, 0.05) is 45.0 Å². The molecular weight excluding hydrogens is 496 g/mol. The minimum Gasteiger partial charge on any atom is -0.355 e. The Morgan fingerprint density at radius 1 is 1.10 bits per heavy atom. The Morgan fingerprint density at radius 2 is 1.79 bits per heavy atom. The first-order chi connectivity index (χ1) is 18.6. The molecule has 0 atom stereocenters. The zero-order valence-electron chi connectivity index (χ0n) is 23.4. The van der Waals surface area contributed by atoms with Crippen LogP contribution in [0, 0.1) is 12.8 Å². The van der Waals surface area contributed by atoms with E-state index in [4.69, 9.17) is 4.52 Å². The molecule has 2 amide bonds. The van der Waals surface area contributed by atoms with E-state index in [0.29, 0.717) is 42.6 Å². The fraction of sp³-hybridized carbons (Fsp3) is 0.448. The summed E-state index contributed by atoms with van der Waals surface area (Å²) in [5, 5.41) is 10.5. The number of amides is 2. The van der Waals surface area contributed by atoms with Gasteiger partial charge in [-0.1, -0.05) is 55.4 Å². The fourth-order valence-corrected chi connectivity index (χ4v) is 4.77. The Morgan fingerprint density at radius 3 is 2.41 bits per heavy atom. The molecule has 4 rings (SSSR count). The van der Waals surface area contributed by atoms with E-state index >= 15 is 0 Å². The van der Waals surface area contributed by atoms with Gasteiger partial charge in [-0.15, -0.1) is 0 Å². The second-order valence-electron chi connectivity index (χ2n) is 10.6. The predicted molar refractivity (Wildman–Crippen MR) is 150 cm³/mol. The summed E-state index contributed by atoms with van der Waals surface area (Å²) in [4.78, 5) is 40.2. The minimum absolute atomic E-state index is 0.00476. The van der Waals surface area contributed by atoms with Crippen LogP contribution in [0.25, 0.3) is 11.4 Å². The van der Waals surface area contributed by atoms with Crippen molar-refractivity contribution in [1.29, 1.82) is 0 Å². The van der Waals surface area contributed by atoms with Gasteiger partial charge in [-0.2, -0.15) is 0 Å². The Balaban J connectivity index is 1.55. The molecule has 0 radical (unpaired) electrons. The molecule has 0 spiro atoms. The first-order valence-electron chi connectivity index (χ1n) is 13.4. The van der Waals surface area contributed by atoms with E-state index in [1.54, 1.807) is 24.0 Å². The van der Waals surface area contributed by atoms with Crippen molar-refractivity contribution in [3.8, 4) is 11.4 Å². The maximum atomic E-state index is 13.5. The highest BCUT2D eigenvalue weighted by Crippen LogP contribution is 2.28. The number of hydrogen-bond acceptors (Lipinski definition) is 7. The van der Waals surface area contributed by atoms with Crippen LogP contribution in [0.3, 0.4) is 0 Å². The van der Waals surface area contributed by atoms with Gasteiger partial charge in [0.15, 0.2) is 5.82 Å². The van der Waals surface area contributed by atoms with Crippen LogP contribution in [0.4, 0.5) is 5.69 Å². The average molecular weight is 535 g/mol. The van der Waals surface area contributed by atoms with Gasteiger partial charge in [0.05, 0.1) is 13.1 Å². The van der Waals surface area contributed by atoms with E-state index in [1.165, 1.54) is 15.7 Å². The normalized spacial score (nSPS) is 13.0. The minimum atomic E-state index is -0.562. The summed E-state index contributed by atoms with van der Waals surface area (Å²) in [6, 6.07) is 13.7. The van der Waals surface area contributed by atoms with Gasteiger partial charge in [-0.05, 0) is 48.4 Å². The maximum Gasteiger partial charge on any atom is 0.441 e. The van der Waals surface area contributed by atoms with E-state index in [9.17, 15) is 14.4 Å². The van der Waals surface area contributed by atoms with Gasteiger partial charge in [0.1, 0.15) is 0 Å². The lowest BCUT2D eigenvalue weighted by atomic mass is 10.1. The molecule has 1 N–H and O–H groups in total. The molecule has 1 aliphatic rings. The smallest absolute Gasteiger partial charge is 0.355 e. The van der Waals surface area contributed by atoms with Crippen LogP contribution in [0.1, 0.15) is 43.4 Å². The summed E-state index contributed by atoms with van der Waals surface area (Å²) in [5.41, 5.74) is 4.67. The lowest BCUT2D eigenvalue weighted by molar-refractivity contribution is -0.145. The molecule has 1 aliphatic heterocycles. The number of hydrazine groups is 1. The molecule has 0 aliphatic carbocycles. The molecule has 208 valence electrons. The Bertz CT molecular complexity index is 1350. The molecule has 0 saturated heterocycles. The van der Waals surface area contributed by atoms with E-state index in [-0.39, 0.29) is 24.9 Å². The van der Waals surface area contributed by atoms with Crippen LogP contribution in [0.2, 0.25) is 0 Å². The van der Waals surface area contributed by atoms with Crippen molar-refractivity contribution in [3.05, 3.63) is 69.7 Å². The molecule has 10 nitrogen and oxygen atoms in total. The molecule has 0 bridgehead atoms. The van der Waals surface area contributed by atoms with Gasteiger partial charge < -0.3 is 10.2 Å². The lowest BCUT2D eigenvalue weighted by Crippen LogP contribution is -2.48. The number of carbonyl (C=O) groups excluding carboxylic acids is 2. The van der Waals surface area contributed by atoms with Crippen molar-refractivity contribution in [3.63, 3.8) is 0 Å². The maximum absolute atomic E-state index is 13.5. The number of rotatable bonds is 11. The van der Waals surface area contributed by atoms with E-state index in [2.05, 4.69) is 36.5 Å². The van der Waals surface area contributed by atoms with Crippen molar-refractivity contribution in [2.45, 2.75) is 46.7 Å². The molecule has 2 aromatic carbocycles. The summed E-state index contributed by atoms with van der Waals surface area (Å²) >= 11 is 0. The number of nitrogens with zero attached hydrogens (tertiary/aromatic N) is 5. The van der Waals surface area contributed by atoms with Crippen molar-refractivity contribution >= 4 is 17.5 Å². The third kappa shape index (κ3) is 6.75. The molecule has 10 heteroatoms. The largest absolute Gasteiger partial charge is 0.441 e. The standard InChI is InChI=1S/C29H38N6O4/c1-20(2)9-8-14-30-26(36)18-34(19-27(37)33(5)35-16-23-10-6-7-11-24(23)17-35)25-15-22(13-12-21(25)3)28-31-39-29(38)32(28)4/h6-7,10-13,15,20H,8-9,14,16-19H2,1-5H3,(H,30,36). The number of aromatic nitrogens is 2. The number of likely N-dealkylation sites (N-methyl/N-ethyl adjacent to an activating group) is 1. The number of benzene rings is 2. The number of hydrogen-bond donors (Lipinski definition) is 1. The Hall–Kier alpha value is -3.92. The average Bonchev–Trinajstić information content (AvgIpc) is 3.49. The fourth-order valence-electron chi connectivity index (χ4n) is 4.77. The number of anilines is 1. The Labute approximate surface area is 229 Å². The van der Waals surface area contributed by atoms with Crippen LogP contribution in [0.5, 0.6) is 0 Å². The van der Waals surface area contributed by atoms with Crippen LogP contribution in [0.15, 0.2) is 51.8 Å². The molecule has 0 unspecified atom stereocenters. The topological polar surface area (TPSA) is 104 Å². The van der Waals surface area contributed by atoms with Crippen LogP contribution >= 0.6 is 0 Å². The van der Waals surface area contributed by atoms with E-state index in [0.717, 1.165) is 18.4 Å². The molecule has 0 saturated carbocycles. The zero-order chi connectivity index (χ0) is 28.1. The third-order valence-corrected chi connectivity index (χ3v) is 7.16. The van der Waals surface area contributed by atoms with Gasteiger partial charge in [-0.25, -0.2) is 9.80 Å². The van der Waals surface area contributed by atoms with E-state index in [1.807, 2.05) is 42.3 Å².